The predicted molar refractivity (Wildman–Crippen MR) is 123 cm³/mol. The van der Waals surface area contributed by atoms with Gasteiger partial charge in [0.15, 0.2) is 0 Å². The number of ether oxygens (including phenoxy) is 1. The van der Waals surface area contributed by atoms with E-state index < -0.39 is 0 Å². The molecule has 158 valence electrons. The quantitative estimate of drug-likeness (QED) is 0.388. The summed E-state index contributed by atoms with van der Waals surface area (Å²) in [6.07, 6.45) is 0. The molecule has 32 heavy (non-hydrogen) atoms. The van der Waals surface area contributed by atoms with Crippen LogP contribution in [-0.4, -0.2) is 15.5 Å². The highest BCUT2D eigenvalue weighted by Crippen LogP contribution is 2.26. The van der Waals surface area contributed by atoms with Gasteiger partial charge in [0.2, 0.25) is 5.91 Å². The van der Waals surface area contributed by atoms with E-state index in [0.29, 0.717) is 11.5 Å². The second-order valence-electron chi connectivity index (χ2n) is 7.42. The van der Waals surface area contributed by atoms with Gasteiger partial charge >= 0.3 is 0 Å². The van der Waals surface area contributed by atoms with Crippen molar-refractivity contribution in [1.29, 1.82) is 0 Å². The highest BCUT2D eigenvalue weighted by atomic mass is 19.1. The molecule has 1 N–H and O–H groups in total. The van der Waals surface area contributed by atoms with Gasteiger partial charge in [-0.05, 0) is 47.9 Å². The Morgan fingerprint density at radius 2 is 1.66 bits per heavy atom. The fourth-order valence-electron chi connectivity index (χ4n) is 3.75. The van der Waals surface area contributed by atoms with Gasteiger partial charge in [-0.2, -0.15) is 0 Å². The zero-order valence-electron chi connectivity index (χ0n) is 17.2. The fourth-order valence-corrected chi connectivity index (χ4v) is 3.75. The van der Waals surface area contributed by atoms with E-state index in [1.54, 1.807) is 0 Å². The van der Waals surface area contributed by atoms with Crippen LogP contribution in [0.3, 0.4) is 0 Å². The van der Waals surface area contributed by atoms with Crippen molar-refractivity contribution >= 4 is 33.4 Å². The average Bonchev–Trinajstić information content (AvgIpc) is 3.16. The van der Waals surface area contributed by atoms with Crippen molar-refractivity contribution in [1.82, 2.24) is 9.55 Å². The minimum absolute atomic E-state index is 0.0616. The molecule has 1 amide bonds. The van der Waals surface area contributed by atoms with E-state index in [1.165, 1.54) is 24.3 Å². The summed E-state index contributed by atoms with van der Waals surface area (Å²) in [6, 6.07) is 27.3. The monoisotopic (exact) mass is 425 g/mol. The summed E-state index contributed by atoms with van der Waals surface area (Å²) >= 11 is 0. The largest absolute Gasteiger partial charge is 0.485 e. The molecule has 0 fully saturated rings. The summed E-state index contributed by atoms with van der Waals surface area (Å²) in [7, 11) is 0. The highest BCUT2D eigenvalue weighted by molar-refractivity contribution is 5.92. The molecular weight excluding hydrogens is 405 g/mol. The summed E-state index contributed by atoms with van der Waals surface area (Å²) in [5.74, 6) is 0.827. The van der Waals surface area contributed by atoms with Crippen molar-refractivity contribution in [3.63, 3.8) is 0 Å². The van der Waals surface area contributed by atoms with Crippen LogP contribution < -0.4 is 10.1 Å². The standard InChI is InChI=1S/C26H20FN3O2/c27-19-12-14-20(15-13-19)28-26(31)16-30-23-10-4-3-9-22(23)29-25(30)17-32-24-11-5-7-18-6-1-2-8-21(18)24/h1-15H,16-17H2,(H,28,31). The number of rotatable bonds is 6. The maximum atomic E-state index is 13.1. The average molecular weight is 425 g/mol. The van der Waals surface area contributed by atoms with Crippen molar-refractivity contribution in [3.8, 4) is 5.75 Å². The van der Waals surface area contributed by atoms with Crippen molar-refractivity contribution in [2.24, 2.45) is 0 Å². The van der Waals surface area contributed by atoms with Gasteiger partial charge in [-0.25, -0.2) is 9.37 Å². The number of nitrogens with one attached hydrogen (secondary N) is 1. The topological polar surface area (TPSA) is 56.2 Å². The van der Waals surface area contributed by atoms with Gasteiger partial charge < -0.3 is 14.6 Å². The number of amides is 1. The van der Waals surface area contributed by atoms with E-state index >= 15 is 0 Å². The number of fused-ring (bicyclic) bond motifs is 2. The normalized spacial score (nSPS) is 11.0. The van der Waals surface area contributed by atoms with Crippen molar-refractivity contribution in [2.45, 2.75) is 13.2 Å². The minimum Gasteiger partial charge on any atom is -0.485 e. The molecule has 0 bridgehead atoms. The predicted octanol–water partition coefficient (Wildman–Crippen LogP) is 5.55. The molecule has 6 heteroatoms. The summed E-state index contributed by atoms with van der Waals surface area (Å²) < 4.78 is 21.1. The Morgan fingerprint density at radius 3 is 2.53 bits per heavy atom. The number of hydrogen-bond donors (Lipinski definition) is 1. The van der Waals surface area contributed by atoms with Crippen molar-refractivity contribution < 1.29 is 13.9 Å². The molecule has 0 spiro atoms. The van der Waals surface area contributed by atoms with Gasteiger partial charge in [-0.15, -0.1) is 0 Å². The molecule has 5 aromatic rings. The van der Waals surface area contributed by atoms with Crippen LogP contribution in [0, 0.1) is 5.82 Å². The molecular formula is C26H20FN3O2. The third-order valence-corrected chi connectivity index (χ3v) is 5.27. The Morgan fingerprint density at radius 1 is 0.906 bits per heavy atom. The first-order chi connectivity index (χ1) is 15.7. The summed E-state index contributed by atoms with van der Waals surface area (Å²) in [4.78, 5) is 17.4. The second-order valence-corrected chi connectivity index (χ2v) is 7.42. The number of imidazole rings is 1. The zero-order chi connectivity index (χ0) is 21.9. The SMILES string of the molecule is O=C(Cn1c(COc2cccc3ccccc23)nc2ccccc21)Nc1ccc(F)cc1. The van der Waals surface area contributed by atoms with Crippen molar-refractivity contribution in [2.75, 3.05) is 5.32 Å². The molecule has 0 aliphatic carbocycles. The summed E-state index contributed by atoms with van der Waals surface area (Å²) in [5, 5.41) is 4.92. The Balaban J connectivity index is 1.41. The number of halogens is 1. The molecule has 5 nitrogen and oxygen atoms in total. The lowest BCUT2D eigenvalue weighted by atomic mass is 10.1. The summed E-state index contributed by atoms with van der Waals surface area (Å²) in [5.41, 5.74) is 2.17. The Hall–Kier alpha value is -4.19. The molecule has 0 saturated heterocycles. The minimum atomic E-state index is -0.350. The fraction of sp³-hybridized carbons (Fsp3) is 0.0769. The molecule has 0 unspecified atom stereocenters. The maximum absolute atomic E-state index is 13.1. The number of carbonyl (C=O) groups is 1. The molecule has 4 aromatic carbocycles. The number of anilines is 1. The van der Waals surface area contributed by atoms with Crippen LogP contribution in [0.25, 0.3) is 21.8 Å². The highest BCUT2D eigenvalue weighted by Gasteiger charge is 2.15. The number of para-hydroxylation sites is 2. The van der Waals surface area contributed by atoms with E-state index in [-0.39, 0.29) is 24.9 Å². The molecule has 0 aliphatic rings. The van der Waals surface area contributed by atoms with Gasteiger partial charge in [0, 0.05) is 11.1 Å². The number of carbonyl (C=O) groups excluding carboxylic acids is 1. The third-order valence-electron chi connectivity index (χ3n) is 5.27. The number of hydrogen-bond acceptors (Lipinski definition) is 3. The smallest absolute Gasteiger partial charge is 0.244 e. The van der Waals surface area contributed by atoms with Crippen LogP contribution in [0.4, 0.5) is 10.1 Å². The number of benzene rings is 4. The van der Waals surface area contributed by atoms with Crippen LogP contribution in [0.15, 0.2) is 91.0 Å². The molecule has 0 atom stereocenters. The van der Waals surface area contributed by atoms with E-state index in [4.69, 9.17) is 4.74 Å². The van der Waals surface area contributed by atoms with E-state index in [9.17, 15) is 9.18 Å². The summed E-state index contributed by atoms with van der Waals surface area (Å²) in [6.45, 7) is 0.276. The van der Waals surface area contributed by atoms with Crippen LogP contribution in [0.2, 0.25) is 0 Å². The van der Waals surface area contributed by atoms with Gasteiger partial charge in [-0.3, -0.25) is 4.79 Å². The van der Waals surface area contributed by atoms with Gasteiger partial charge in [-0.1, -0.05) is 48.5 Å². The Bertz CT molecular complexity index is 1400. The molecule has 1 aromatic heterocycles. The lowest BCUT2D eigenvalue weighted by molar-refractivity contribution is -0.116. The van der Waals surface area contributed by atoms with Gasteiger partial charge in [0.25, 0.3) is 0 Å². The van der Waals surface area contributed by atoms with Crippen LogP contribution >= 0.6 is 0 Å². The zero-order valence-corrected chi connectivity index (χ0v) is 17.2. The van der Waals surface area contributed by atoms with Crippen LogP contribution in [0.5, 0.6) is 5.75 Å². The first-order valence-corrected chi connectivity index (χ1v) is 10.3. The lowest BCUT2D eigenvalue weighted by Crippen LogP contribution is -2.20. The maximum Gasteiger partial charge on any atom is 0.244 e. The number of aromatic nitrogens is 2. The van der Waals surface area contributed by atoms with E-state index in [1.807, 2.05) is 71.3 Å². The van der Waals surface area contributed by atoms with Crippen LogP contribution in [-0.2, 0) is 17.9 Å². The first-order valence-electron chi connectivity index (χ1n) is 10.3. The first kappa shape index (κ1) is 19.8. The molecule has 0 saturated carbocycles. The molecule has 0 aliphatic heterocycles. The Labute approximate surface area is 184 Å². The van der Waals surface area contributed by atoms with E-state index in [2.05, 4.69) is 10.3 Å². The second kappa shape index (κ2) is 8.51. The van der Waals surface area contributed by atoms with Gasteiger partial charge in [0.1, 0.15) is 30.5 Å². The number of nitrogens with zero attached hydrogens (tertiary/aromatic N) is 2. The van der Waals surface area contributed by atoms with Crippen LogP contribution in [0.1, 0.15) is 5.82 Å². The Kier molecular flexibility index (Phi) is 5.25. The lowest BCUT2D eigenvalue weighted by Gasteiger charge is -2.12. The van der Waals surface area contributed by atoms with E-state index in [0.717, 1.165) is 27.6 Å². The molecule has 0 radical (unpaired) electrons. The molecule has 5 rings (SSSR count). The van der Waals surface area contributed by atoms with Crippen molar-refractivity contribution in [3.05, 3.63) is 103 Å². The van der Waals surface area contributed by atoms with Gasteiger partial charge in [0.05, 0.1) is 11.0 Å². The molecule has 1 heterocycles. The third kappa shape index (κ3) is 4.03.